The van der Waals surface area contributed by atoms with Gasteiger partial charge in [0.2, 0.25) is 0 Å². The number of rotatable bonds is 4. The molecule has 0 unspecified atom stereocenters. The fraction of sp³-hybridized carbons (Fsp3) is 0.714. The van der Waals surface area contributed by atoms with Crippen molar-refractivity contribution in [3.05, 3.63) is 23.3 Å². The first kappa shape index (κ1) is 27.9. The van der Waals surface area contributed by atoms with E-state index in [0.717, 1.165) is 16.7 Å². The van der Waals surface area contributed by atoms with Gasteiger partial charge in [0, 0.05) is 33.1 Å². The molecule has 3 aliphatic carbocycles. The summed E-state index contributed by atoms with van der Waals surface area (Å²) in [4.78, 5) is 48.7. The Morgan fingerprint density at radius 1 is 0.806 bits per heavy atom. The molecule has 0 aromatic carbocycles. The maximum atomic E-state index is 12.4. The molecule has 7 atom stereocenters. The molecule has 0 heterocycles. The van der Waals surface area contributed by atoms with E-state index >= 15 is 0 Å². The maximum Gasteiger partial charge on any atom is 0.303 e. The molecule has 0 spiro atoms. The molecule has 0 aromatic heterocycles. The van der Waals surface area contributed by atoms with Gasteiger partial charge in [-0.05, 0) is 66.6 Å². The molecule has 0 amide bonds. The second-order valence-electron chi connectivity index (χ2n) is 11.4. The van der Waals surface area contributed by atoms with Crippen molar-refractivity contribution in [2.45, 2.75) is 105 Å². The number of hydrogen-bond acceptors (Lipinski definition) is 8. The fourth-order valence-corrected chi connectivity index (χ4v) is 6.95. The highest BCUT2D eigenvalue weighted by Crippen LogP contribution is 2.60. The molecule has 8 nitrogen and oxygen atoms in total. The average molecular weight is 505 g/mol. The summed E-state index contributed by atoms with van der Waals surface area (Å²) in [7, 11) is 0. The summed E-state index contributed by atoms with van der Waals surface area (Å²) in [5.41, 5.74) is 1.33. The van der Waals surface area contributed by atoms with E-state index < -0.39 is 53.2 Å². The van der Waals surface area contributed by atoms with Crippen LogP contribution in [0, 0.1) is 22.7 Å². The van der Waals surface area contributed by atoms with Crippen molar-refractivity contribution in [3.8, 4) is 0 Å². The van der Waals surface area contributed by atoms with Gasteiger partial charge in [0.15, 0.2) is 6.10 Å². The molecule has 2 bridgehead atoms. The minimum Gasteiger partial charge on any atom is -0.458 e. The van der Waals surface area contributed by atoms with Crippen LogP contribution in [-0.4, -0.2) is 48.3 Å². The van der Waals surface area contributed by atoms with Crippen LogP contribution in [0.5, 0.6) is 0 Å². The van der Waals surface area contributed by atoms with E-state index in [4.69, 9.17) is 18.9 Å². The molecule has 0 radical (unpaired) electrons. The molecular formula is C28H40O8. The standard InChI is InChI=1S/C28H40O8/c1-14-21-12-20-13-23(34-17(4)30)15(2)24(27(20,7)8)25(35-18(5)31)26(36-19(6)32)28(21,9)11-10-22(14)33-16(3)29/h20-23,25-26H,1,10-13H2,2-9H3/t20-,21+,22-,23-,25+,26-,28+/m0/s1. The lowest BCUT2D eigenvalue weighted by molar-refractivity contribution is -0.187. The first-order valence-electron chi connectivity index (χ1n) is 12.7. The molecule has 3 aliphatic rings. The molecule has 3 rings (SSSR count). The summed E-state index contributed by atoms with van der Waals surface area (Å²) >= 11 is 0. The highest BCUT2D eigenvalue weighted by atomic mass is 16.6. The zero-order valence-corrected chi connectivity index (χ0v) is 22.8. The molecule has 0 saturated heterocycles. The number of carbonyl (C=O) groups is 4. The largest absolute Gasteiger partial charge is 0.458 e. The van der Waals surface area contributed by atoms with Crippen molar-refractivity contribution in [2.24, 2.45) is 22.7 Å². The van der Waals surface area contributed by atoms with Crippen molar-refractivity contribution in [1.29, 1.82) is 0 Å². The monoisotopic (exact) mass is 504 g/mol. The summed E-state index contributed by atoms with van der Waals surface area (Å²) in [5, 5.41) is 0. The van der Waals surface area contributed by atoms with Gasteiger partial charge in [0.1, 0.15) is 18.3 Å². The van der Waals surface area contributed by atoms with Gasteiger partial charge >= 0.3 is 23.9 Å². The molecule has 2 saturated carbocycles. The molecule has 0 N–H and O–H groups in total. The van der Waals surface area contributed by atoms with Gasteiger partial charge in [-0.3, -0.25) is 19.2 Å². The Labute approximate surface area is 213 Å². The predicted octanol–water partition coefficient (Wildman–Crippen LogP) is 4.45. The van der Waals surface area contributed by atoms with Crippen LogP contribution in [0.15, 0.2) is 23.3 Å². The molecule has 200 valence electrons. The SMILES string of the molecule is C=C1[C@@H](OC(C)=O)CC[C@]2(C)[C@@H]1C[C@H]1C[C@H](OC(C)=O)C(C)=C([C@@H](OC(C)=O)[C@@H]2OC(C)=O)C1(C)C. The Balaban J connectivity index is 2.27. The van der Waals surface area contributed by atoms with Crippen LogP contribution in [0.4, 0.5) is 0 Å². The number of esters is 4. The maximum absolute atomic E-state index is 12.4. The predicted molar refractivity (Wildman–Crippen MR) is 131 cm³/mol. The zero-order chi connectivity index (χ0) is 27.2. The van der Waals surface area contributed by atoms with Crippen molar-refractivity contribution in [2.75, 3.05) is 0 Å². The van der Waals surface area contributed by atoms with Crippen LogP contribution in [0.25, 0.3) is 0 Å². The normalized spacial score (nSPS) is 35.5. The van der Waals surface area contributed by atoms with E-state index in [1.165, 1.54) is 27.7 Å². The van der Waals surface area contributed by atoms with E-state index in [1.807, 2.05) is 13.8 Å². The van der Waals surface area contributed by atoms with Crippen molar-refractivity contribution in [1.82, 2.24) is 0 Å². The summed E-state index contributed by atoms with van der Waals surface area (Å²) in [6.45, 7) is 17.9. The van der Waals surface area contributed by atoms with Crippen LogP contribution in [0.3, 0.4) is 0 Å². The van der Waals surface area contributed by atoms with Crippen molar-refractivity contribution in [3.63, 3.8) is 0 Å². The average Bonchev–Trinajstić information content (AvgIpc) is 2.72. The third-order valence-electron chi connectivity index (χ3n) is 8.66. The highest BCUT2D eigenvalue weighted by molar-refractivity contribution is 5.69. The summed E-state index contributed by atoms with van der Waals surface area (Å²) in [6.07, 6.45) is -0.234. The van der Waals surface area contributed by atoms with Crippen LogP contribution in [-0.2, 0) is 38.1 Å². The van der Waals surface area contributed by atoms with Crippen LogP contribution in [0.2, 0.25) is 0 Å². The first-order valence-corrected chi connectivity index (χ1v) is 12.7. The smallest absolute Gasteiger partial charge is 0.303 e. The van der Waals surface area contributed by atoms with E-state index in [-0.39, 0.29) is 17.8 Å². The van der Waals surface area contributed by atoms with Crippen LogP contribution >= 0.6 is 0 Å². The lowest BCUT2D eigenvalue weighted by atomic mass is 9.50. The van der Waals surface area contributed by atoms with Crippen LogP contribution < -0.4 is 0 Å². The number of carbonyl (C=O) groups excluding carboxylic acids is 4. The van der Waals surface area contributed by atoms with Crippen molar-refractivity contribution < 1.29 is 38.1 Å². The Bertz CT molecular complexity index is 992. The minimum atomic E-state index is -0.867. The Hall–Kier alpha value is -2.64. The Kier molecular flexibility index (Phi) is 7.78. The number of fused-ring (bicyclic) bond motifs is 3. The van der Waals surface area contributed by atoms with Gasteiger partial charge in [-0.2, -0.15) is 0 Å². The minimum absolute atomic E-state index is 0.0361. The summed E-state index contributed by atoms with van der Waals surface area (Å²) in [6, 6.07) is 0. The van der Waals surface area contributed by atoms with E-state index in [2.05, 4.69) is 20.4 Å². The Morgan fingerprint density at radius 2 is 1.33 bits per heavy atom. The van der Waals surface area contributed by atoms with Gasteiger partial charge < -0.3 is 18.9 Å². The lowest BCUT2D eigenvalue weighted by Crippen LogP contribution is -2.59. The highest BCUT2D eigenvalue weighted by Gasteiger charge is 2.60. The van der Waals surface area contributed by atoms with Gasteiger partial charge in [0.25, 0.3) is 0 Å². The van der Waals surface area contributed by atoms with E-state index in [9.17, 15) is 19.2 Å². The second-order valence-corrected chi connectivity index (χ2v) is 11.4. The third kappa shape index (κ3) is 5.09. The lowest BCUT2D eigenvalue weighted by Gasteiger charge is -2.58. The molecule has 8 heteroatoms. The number of hydrogen-bond donors (Lipinski definition) is 0. The molecule has 0 aliphatic heterocycles. The molecule has 0 aromatic rings. The number of ether oxygens (including phenoxy) is 4. The van der Waals surface area contributed by atoms with E-state index in [0.29, 0.717) is 25.7 Å². The van der Waals surface area contributed by atoms with Gasteiger partial charge in [-0.25, -0.2) is 0 Å². The fourth-order valence-electron chi connectivity index (χ4n) is 6.95. The van der Waals surface area contributed by atoms with Gasteiger partial charge in [-0.1, -0.05) is 27.4 Å². The Morgan fingerprint density at radius 3 is 1.86 bits per heavy atom. The quantitative estimate of drug-likeness (QED) is 0.314. The second kappa shape index (κ2) is 10.0. The summed E-state index contributed by atoms with van der Waals surface area (Å²) < 4.78 is 23.4. The summed E-state index contributed by atoms with van der Waals surface area (Å²) in [5.74, 6) is -1.90. The first-order chi connectivity index (χ1) is 16.6. The molecule has 2 fully saturated rings. The molecular weight excluding hydrogens is 464 g/mol. The molecule has 36 heavy (non-hydrogen) atoms. The van der Waals surface area contributed by atoms with Crippen LogP contribution in [0.1, 0.15) is 81.1 Å². The zero-order valence-electron chi connectivity index (χ0n) is 22.8. The van der Waals surface area contributed by atoms with Crippen molar-refractivity contribution >= 4 is 23.9 Å². The topological polar surface area (TPSA) is 105 Å². The van der Waals surface area contributed by atoms with E-state index in [1.54, 1.807) is 0 Å². The third-order valence-corrected chi connectivity index (χ3v) is 8.66. The van der Waals surface area contributed by atoms with Gasteiger partial charge in [0.05, 0.1) is 0 Å². The van der Waals surface area contributed by atoms with Gasteiger partial charge in [-0.15, -0.1) is 0 Å².